The molecular weight excluding hydrogens is 212 g/mol. The highest BCUT2D eigenvalue weighted by Crippen LogP contribution is 2.11. The van der Waals surface area contributed by atoms with Crippen LogP contribution < -0.4 is 0 Å². The van der Waals surface area contributed by atoms with Gasteiger partial charge in [0, 0.05) is 12.8 Å². The SMILES string of the molecule is C=CCc1ccc(/C=C/C(=O)CCCCC)o1. The number of furan rings is 1. The third-order valence-corrected chi connectivity index (χ3v) is 2.49. The minimum atomic E-state index is 0.167. The predicted octanol–water partition coefficient (Wildman–Crippen LogP) is 4.17. The summed E-state index contributed by atoms with van der Waals surface area (Å²) in [6.45, 7) is 5.78. The van der Waals surface area contributed by atoms with Crippen LogP contribution in [0.1, 0.15) is 44.1 Å². The average molecular weight is 232 g/mol. The van der Waals surface area contributed by atoms with Gasteiger partial charge < -0.3 is 4.42 Å². The number of allylic oxidation sites excluding steroid dienone is 2. The lowest BCUT2D eigenvalue weighted by molar-refractivity contribution is -0.114. The summed E-state index contributed by atoms with van der Waals surface area (Å²) in [5, 5.41) is 0. The molecule has 0 fully saturated rings. The highest BCUT2D eigenvalue weighted by Gasteiger charge is 1.99. The number of hydrogen-bond donors (Lipinski definition) is 0. The van der Waals surface area contributed by atoms with Crippen molar-refractivity contribution in [3.05, 3.63) is 42.4 Å². The first-order valence-corrected chi connectivity index (χ1v) is 6.16. The van der Waals surface area contributed by atoms with E-state index in [2.05, 4.69) is 13.5 Å². The molecule has 2 nitrogen and oxygen atoms in total. The van der Waals surface area contributed by atoms with Gasteiger partial charge in [-0.2, -0.15) is 0 Å². The standard InChI is InChI=1S/C15H20O2/c1-3-5-6-8-13(16)9-10-15-12-11-14(17-15)7-4-2/h4,9-12H,2-3,5-8H2,1H3/b10-9+. The Morgan fingerprint density at radius 2 is 2.24 bits per heavy atom. The zero-order chi connectivity index (χ0) is 12.5. The van der Waals surface area contributed by atoms with Gasteiger partial charge in [0.05, 0.1) is 0 Å². The maximum atomic E-state index is 11.5. The lowest BCUT2D eigenvalue weighted by atomic mass is 10.1. The van der Waals surface area contributed by atoms with E-state index < -0.39 is 0 Å². The van der Waals surface area contributed by atoms with Crippen LogP contribution in [0.5, 0.6) is 0 Å². The maximum absolute atomic E-state index is 11.5. The molecule has 92 valence electrons. The maximum Gasteiger partial charge on any atom is 0.155 e. The molecule has 0 atom stereocenters. The fraction of sp³-hybridized carbons (Fsp3) is 0.400. The minimum absolute atomic E-state index is 0.167. The molecule has 0 radical (unpaired) electrons. The van der Waals surface area contributed by atoms with E-state index in [1.54, 1.807) is 18.2 Å². The highest BCUT2D eigenvalue weighted by molar-refractivity contribution is 5.93. The number of ketones is 1. The van der Waals surface area contributed by atoms with Crippen molar-refractivity contribution in [3.63, 3.8) is 0 Å². The lowest BCUT2D eigenvalue weighted by Gasteiger charge is -1.93. The Balaban J connectivity index is 2.40. The Hall–Kier alpha value is -1.57. The Morgan fingerprint density at radius 3 is 2.94 bits per heavy atom. The molecule has 0 saturated carbocycles. The Morgan fingerprint density at radius 1 is 1.41 bits per heavy atom. The summed E-state index contributed by atoms with van der Waals surface area (Å²) in [6, 6.07) is 3.78. The third-order valence-electron chi connectivity index (χ3n) is 2.49. The molecule has 0 N–H and O–H groups in total. The number of carbonyl (C=O) groups is 1. The van der Waals surface area contributed by atoms with E-state index in [1.807, 2.05) is 12.1 Å². The summed E-state index contributed by atoms with van der Waals surface area (Å²) < 4.78 is 5.49. The fourth-order valence-electron chi connectivity index (χ4n) is 1.54. The van der Waals surface area contributed by atoms with Gasteiger partial charge in [-0.25, -0.2) is 0 Å². The van der Waals surface area contributed by atoms with E-state index in [4.69, 9.17) is 4.42 Å². The molecule has 0 aliphatic carbocycles. The first-order valence-electron chi connectivity index (χ1n) is 6.16. The van der Waals surface area contributed by atoms with Crippen LogP contribution in [0.2, 0.25) is 0 Å². The molecule has 0 aliphatic heterocycles. The van der Waals surface area contributed by atoms with Gasteiger partial charge >= 0.3 is 0 Å². The molecule has 0 unspecified atom stereocenters. The third kappa shape index (κ3) is 5.34. The zero-order valence-electron chi connectivity index (χ0n) is 10.4. The van der Waals surface area contributed by atoms with Gasteiger partial charge in [-0.05, 0) is 30.7 Å². The summed E-state index contributed by atoms with van der Waals surface area (Å²) in [4.78, 5) is 11.5. The molecule has 0 aromatic carbocycles. The van der Waals surface area contributed by atoms with E-state index >= 15 is 0 Å². The van der Waals surface area contributed by atoms with Crippen LogP contribution in [-0.2, 0) is 11.2 Å². The van der Waals surface area contributed by atoms with Crippen molar-refractivity contribution in [1.82, 2.24) is 0 Å². The van der Waals surface area contributed by atoms with Gasteiger partial charge in [0.25, 0.3) is 0 Å². The Labute approximate surface area is 103 Å². The zero-order valence-corrected chi connectivity index (χ0v) is 10.4. The number of unbranched alkanes of at least 4 members (excludes halogenated alkanes) is 2. The van der Waals surface area contributed by atoms with E-state index in [-0.39, 0.29) is 5.78 Å². The molecule has 0 bridgehead atoms. The second-order valence-corrected chi connectivity index (χ2v) is 4.05. The van der Waals surface area contributed by atoms with Crippen molar-refractivity contribution in [3.8, 4) is 0 Å². The summed E-state index contributed by atoms with van der Waals surface area (Å²) in [5.41, 5.74) is 0. The van der Waals surface area contributed by atoms with Crippen LogP contribution in [0, 0.1) is 0 Å². The largest absolute Gasteiger partial charge is 0.461 e. The number of carbonyl (C=O) groups excluding carboxylic acids is 1. The van der Waals surface area contributed by atoms with Gasteiger partial charge in [-0.15, -0.1) is 6.58 Å². The van der Waals surface area contributed by atoms with Crippen LogP contribution in [0.15, 0.2) is 35.3 Å². The molecule has 17 heavy (non-hydrogen) atoms. The van der Waals surface area contributed by atoms with Gasteiger partial charge in [0.1, 0.15) is 11.5 Å². The van der Waals surface area contributed by atoms with Crippen molar-refractivity contribution < 1.29 is 9.21 Å². The van der Waals surface area contributed by atoms with Crippen molar-refractivity contribution >= 4 is 11.9 Å². The van der Waals surface area contributed by atoms with Crippen molar-refractivity contribution in [2.24, 2.45) is 0 Å². The van der Waals surface area contributed by atoms with Crippen molar-refractivity contribution in [2.45, 2.75) is 39.0 Å². The predicted molar refractivity (Wildman–Crippen MR) is 70.8 cm³/mol. The summed E-state index contributed by atoms with van der Waals surface area (Å²) in [6.07, 6.45) is 9.71. The molecular formula is C15H20O2. The molecule has 2 heteroatoms. The first kappa shape index (κ1) is 13.5. The Bertz CT molecular complexity index is 385. The van der Waals surface area contributed by atoms with E-state index in [0.717, 1.165) is 37.2 Å². The van der Waals surface area contributed by atoms with Crippen LogP contribution >= 0.6 is 0 Å². The van der Waals surface area contributed by atoms with Crippen molar-refractivity contribution in [2.75, 3.05) is 0 Å². The number of rotatable bonds is 8. The minimum Gasteiger partial charge on any atom is -0.461 e. The van der Waals surface area contributed by atoms with Crippen molar-refractivity contribution in [1.29, 1.82) is 0 Å². The molecule has 0 saturated heterocycles. The molecule has 1 aromatic rings. The first-order chi connectivity index (χ1) is 8.26. The van der Waals surface area contributed by atoms with E-state index in [0.29, 0.717) is 6.42 Å². The van der Waals surface area contributed by atoms with Crippen LogP contribution in [0.3, 0.4) is 0 Å². The smallest absolute Gasteiger partial charge is 0.155 e. The van der Waals surface area contributed by atoms with Gasteiger partial charge in [-0.1, -0.05) is 25.8 Å². The van der Waals surface area contributed by atoms with Crippen LogP contribution in [0.4, 0.5) is 0 Å². The fourth-order valence-corrected chi connectivity index (χ4v) is 1.54. The van der Waals surface area contributed by atoms with Gasteiger partial charge in [0.2, 0.25) is 0 Å². The summed E-state index contributed by atoms with van der Waals surface area (Å²) in [7, 11) is 0. The van der Waals surface area contributed by atoms with E-state index in [9.17, 15) is 4.79 Å². The lowest BCUT2D eigenvalue weighted by Crippen LogP contribution is -1.91. The highest BCUT2D eigenvalue weighted by atomic mass is 16.3. The second-order valence-electron chi connectivity index (χ2n) is 4.05. The number of hydrogen-bond acceptors (Lipinski definition) is 2. The molecule has 0 aliphatic rings. The Kier molecular flexibility index (Phi) is 6.08. The second kappa shape index (κ2) is 7.66. The molecule has 0 spiro atoms. The molecule has 0 amide bonds. The van der Waals surface area contributed by atoms with Gasteiger partial charge in [0.15, 0.2) is 5.78 Å². The summed E-state index contributed by atoms with van der Waals surface area (Å²) in [5.74, 6) is 1.77. The normalized spacial score (nSPS) is 10.9. The topological polar surface area (TPSA) is 30.2 Å². The van der Waals surface area contributed by atoms with Crippen LogP contribution in [-0.4, -0.2) is 5.78 Å². The molecule has 1 heterocycles. The molecule has 1 rings (SSSR count). The quantitative estimate of drug-likeness (QED) is 0.382. The monoisotopic (exact) mass is 232 g/mol. The molecule has 1 aromatic heterocycles. The average Bonchev–Trinajstić information content (AvgIpc) is 2.75. The summed E-state index contributed by atoms with van der Waals surface area (Å²) >= 11 is 0. The van der Waals surface area contributed by atoms with E-state index in [1.165, 1.54) is 0 Å². The van der Waals surface area contributed by atoms with Crippen LogP contribution in [0.25, 0.3) is 6.08 Å². The van der Waals surface area contributed by atoms with Gasteiger partial charge in [-0.3, -0.25) is 4.79 Å².